The Morgan fingerprint density at radius 2 is 1.42 bits per heavy atom. The third kappa shape index (κ3) is 8.87. The van der Waals surface area contributed by atoms with Crippen LogP contribution in [0.1, 0.15) is 72.4 Å². The van der Waals surface area contributed by atoms with Crippen molar-refractivity contribution in [3.05, 3.63) is 29.3 Å². The summed E-state index contributed by atoms with van der Waals surface area (Å²) in [6, 6.07) is 4.28. The van der Waals surface area contributed by atoms with E-state index in [1.807, 2.05) is 39.0 Å². The van der Waals surface area contributed by atoms with Gasteiger partial charge in [-0.05, 0) is 0 Å². The molecule has 0 bridgehead atoms. The number of ether oxygens (including phenoxy) is 5. The number of amides is 1. The molecule has 0 N–H and O–H groups in total. The molecule has 1 saturated heterocycles. The quantitative estimate of drug-likeness (QED) is 0.191. The Morgan fingerprint density at radius 1 is 0.837 bits per heavy atom. The molecule has 0 radical (unpaired) electrons. The van der Waals surface area contributed by atoms with Gasteiger partial charge in [0.25, 0.3) is 0 Å². The molecule has 236 valence electrons. The Morgan fingerprint density at radius 3 is 1.88 bits per heavy atom. The number of para-hydroxylation sites is 1. The van der Waals surface area contributed by atoms with Crippen molar-refractivity contribution in [3.8, 4) is 0 Å². The van der Waals surface area contributed by atoms with Crippen LogP contribution in [-0.4, -0.2) is 98.1 Å². The van der Waals surface area contributed by atoms with Crippen molar-refractivity contribution in [2.45, 2.75) is 98.8 Å². The van der Waals surface area contributed by atoms with Gasteiger partial charge < -0.3 is 0 Å². The van der Waals surface area contributed by atoms with E-state index in [1.165, 1.54) is 18.7 Å². The number of aryl methyl sites for hydroxylation is 1. The number of hydrogen-bond acceptors (Lipinski definition) is 12. The second-order valence-electron chi connectivity index (χ2n) is 10.3. The van der Waals surface area contributed by atoms with Crippen LogP contribution in [0.2, 0.25) is 0 Å². The molecule has 1 heterocycles. The molecule has 1 aliphatic heterocycles. The van der Waals surface area contributed by atoms with Crippen molar-refractivity contribution < 1.29 is 52.5 Å². The number of carbonyl (C=O) groups is 6. The van der Waals surface area contributed by atoms with Gasteiger partial charge in [0.2, 0.25) is 0 Å². The van der Waals surface area contributed by atoms with Gasteiger partial charge in [0.05, 0.1) is 0 Å². The second kappa shape index (κ2) is 15.1. The number of rotatable bonds is 11. The van der Waals surface area contributed by atoms with Crippen molar-refractivity contribution in [2.75, 3.05) is 11.5 Å². The first-order valence-corrected chi connectivity index (χ1v) is 14.4. The summed E-state index contributed by atoms with van der Waals surface area (Å²) in [4.78, 5) is 77.4. The average molecular weight is 670 g/mol. The Kier molecular flexibility index (Phi) is 12.4. The first kappa shape index (κ1) is 35.4. The Balaban J connectivity index is 2.93. The van der Waals surface area contributed by atoms with Crippen molar-refractivity contribution in [2.24, 2.45) is 0 Å². The number of carbonyl (C=O) groups excluding carboxylic acids is 6. The van der Waals surface area contributed by atoms with Crippen LogP contribution in [0.15, 0.2) is 18.2 Å². The first-order valence-electron chi connectivity index (χ1n) is 13.5. The van der Waals surface area contributed by atoms with Crippen LogP contribution in [0.3, 0.4) is 0 Å². The monoisotopic (exact) mass is 670 g/mol. The number of esters is 5. The van der Waals surface area contributed by atoms with Gasteiger partial charge in [0.1, 0.15) is 0 Å². The molecule has 1 aromatic carbocycles. The zero-order chi connectivity index (χ0) is 32.8. The zero-order valence-electron chi connectivity index (χ0n) is 25.7. The number of benzene rings is 1. The third-order valence-corrected chi connectivity index (χ3v) is 7.24. The van der Waals surface area contributed by atoms with E-state index < -0.39 is 72.9 Å². The molecule has 0 saturated carbocycles. The summed E-state index contributed by atoms with van der Waals surface area (Å²) in [6.45, 7) is 12.1. The van der Waals surface area contributed by atoms with E-state index in [-0.39, 0.29) is 10.6 Å². The Hall–Kier alpha value is -3.77. The molecular weight excluding hydrogens is 631 g/mol. The predicted molar refractivity (Wildman–Crippen MR) is 154 cm³/mol. The van der Waals surface area contributed by atoms with Crippen LogP contribution in [0.4, 0.5) is 5.69 Å². The molecule has 1 unspecified atom stereocenters. The number of anilines is 1. The fraction of sp³-hybridized carbons (Fsp3) is 0.552. The Bertz CT molecular complexity index is 1280. The molecule has 2 rings (SSSR count). The molecule has 0 spiro atoms. The predicted octanol–water partition coefficient (Wildman–Crippen LogP) is 1.66. The number of nitrogens with zero attached hydrogens (tertiary/aromatic N) is 2. The third-order valence-electron chi connectivity index (χ3n) is 6.41. The maximum absolute atomic E-state index is 13.3. The molecule has 14 heteroatoms. The molecule has 0 aromatic heterocycles. The summed E-state index contributed by atoms with van der Waals surface area (Å²) in [7, 11) is 0. The fourth-order valence-electron chi connectivity index (χ4n) is 4.96. The summed E-state index contributed by atoms with van der Waals surface area (Å²) in [5.41, 5.74) is 2.28. The molecule has 0 aliphatic carbocycles. The molecule has 5 atom stereocenters. The van der Waals surface area contributed by atoms with E-state index in [4.69, 9.17) is 23.7 Å². The van der Waals surface area contributed by atoms with Gasteiger partial charge in [-0.3, -0.25) is 0 Å². The van der Waals surface area contributed by atoms with E-state index in [1.54, 1.807) is 4.90 Å². The summed E-state index contributed by atoms with van der Waals surface area (Å²) >= 11 is 2.89. The van der Waals surface area contributed by atoms with Crippen LogP contribution in [0.25, 0.3) is 0 Å². The standard InChI is InChI=1S/C29H38N2O11Se/c1-14(2)22-12-10-11-15(3)24(22)31-28(42-21(9)37)25(30(16(4)32)29(31)43)27(41-20(8)36)26(40-19(7)35)23(39-18(6)34)13-38-17(5)33/h10-12,14,23,25-28H,13H2,1-9H3/t23-,25-,26-,27-,28?/m1/s1. The van der Waals surface area contributed by atoms with E-state index in [2.05, 4.69) is 15.6 Å². The van der Waals surface area contributed by atoms with Crippen molar-refractivity contribution in [3.63, 3.8) is 0 Å². The van der Waals surface area contributed by atoms with Gasteiger partial charge in [-0.1, -0.05) is 0 Å². The molecule has 1 fully saturated rings. The minimum absolute atomic E-state index is 0.000596. The van der Waals surface area contributed by atoms with Crippen LogP contribution in [0.5, 0.6) is 0 Å². The van der Waals surface area contributed by atoms with Crippen molar-refractivity contribution in [1.82, 2.24) is 4.90 Å². The van der Waals surface area contributed by atoms with E-state index in [9.17, 15) is 28.8 Å². The van der Waals surface area contributed by atoms with Gasteiger partial charge in [0, 0.05) is 0 Å². The van der Waals surface area contributed by atoms with Gasteiger partial charge >= 0.3 is 259 Å². The topological polar surface area (TPSA) is 155 Å². The molecule has 43 heavy (non-hydrogen) atoms. The van der Waals surface area contributed by atoms with Crippen molar-refractivity contribution >= 4 is 61.7 Å². The molecule has 1 aromatic rings. The van der Waals surface area contributed by atoms with E-state index >= 15 is 0 Å². The summed E-state index contributed by atoms with van der Waals surface area (Å²) < 4.78 is 27.8. The van der Waals surface area contributed by atoms with Gasteiger partial charge in [-0.25, -0.2) is 0 Å². The summed E-state index contributed by atoms with van der Waals surface area (Å²) in [5.74, 6) is -4.51. The maximum atomic E-state index is 13.3. The molecule has 1 amide bonds. The Labute approximate surface area is 258 Å². The fourth-order valence-corrected chi connectivity index (χ4v) is 5.89. The normalized spacial score (nSPS) is 18.4. The molecule has 1 aliphatic rings. The van der Waals surface area contributed by atoms with Gasteiger partial charge in [-0.2, -0.15) is 0 Å². The van der Waals surface area contributed by atoms with Crippen LogP contribution in [0, 0.1) is 6.92 Å². The number of hydrogen-bond donors (Lipinski definition) is 0. The second-order valence-corrected chi connectivity index (χ2v) is 11.1. The average Bonchev–Trinajstić information content (AvgIpc) is 3.13. The van der Waals surface area contributed by atoms with Crippen molar-refractivity contribution in [1.29, 1.82) is 0 Å². The van der Waals surface area contributed by atoms with Crippen LogP contribution >= 0.6 is 0 Å². The molecular formula is C29H38N2O11Se. The SMILES string of the molecule is CC(=O)OC[C@@H](OC(C)=O)[C@@H](OC(C)=O)[C@H](OC(C)=O)[C@@H]1C(OC(C)=O)N(c2c(C)cccc2C(C)C)C(=[Se])N1C(C)=O. The van der Waals surface area contributed by atoms with Gasteiger partial charge in [-0.15, -0.1) is 0 Å². The van der Waals surface area contributed by atoms with E-state index in [0.29, 0.717) is 5.69 Å². The minimum atomic E-state index is -1.62. The summed E-state index contributed by atoms with van der Waals surface area (Å²) in [5, 5.41) is 0. The molecule has 13 nitrogen and oxygen atoms in total. The van der Waals surface area contributed by atoms with Gasteiger partial charge in [0.15, 0.2) is 0 Å². The van der Waals surface area contributed by atoms with Crippen LogP contribution in [-0.2, 0) is 52.5 Å². The summed E-state index contributed by atoms with van der Waals surface area (Å²) in [6.07, 6.45) is -6.03. The van der Waals surface area contributed by atoms with Crippen LogP contribution < -0.4 is 4.90 Å². The first-order chi connectivity index (χ1) is 20.0. The van der Waals surface area contributed by atoms with E-state index in [0.717, 1.165) is 38.8 Å². The zero-order valence-corrected chi connectivity index (χ0v) is 27.4.